The van der Waals surface area contributed by atoms with Crippen molar-refractivity contribution < 1.29 is 4.79 Å². The lowest BCUT2D eigenvalue weighted by Gasteiger charge is -2.04. The highest BCUT2D eigenvalue weighted by Gasteiger charge is 2.02. The number of ketones is 1. The van der Waals surface area contributed by atoms with E-state index in [1.807, 2.05) is 44.2 Å². The number of hydrogen-bond acceptors (Lipinski definition) is 2. The van der Waals surface area contributed by atoms with Crippen molar-refractivity contribution in [3.63, 3.8) is 0 Å². The summed E-state index contributed by atoms with van der Waals surface area (Å²) in [6, 6.07) is 14.0. The molecule has 0 saturated carbocycles. The predicted molar refractivity (Wildman–Crippen MR) is 88.8 cm³/mol. The molecule has 0 aliphatic carbocycles. The number of hydrogen-bond donors (Lipinski definition) is 1. The highest BCUT2D eigenvalue weighted by molar-refractivity contribution is 6.04. The van der Waals surface area contributed by atoms with Gasteiger partial charge in [-0.2, -0.15) is 0 Å². The van der Waals surface area contributed by atoms with Crippen LogP contribution < -0.4 is 5.32 Å². The second-order valence-corrected chi connectivity index (χ2v) is 5.19. The van der Waals surface area contributed by atoms with Gasteiger partial charge in [0.25, 0.3) is 0 Å². The molecule has 1 N–H and O–H groups in total. The van der Waals surface area contributed by atoms with Gasteiger partial charge < -0.3 is 5.32 Å². The molecule has 21 heavy (non-hydrogen) atoms. The van der Waals surface area contributed by atoms with Crippen molar-refractivity contribution in [2.75, 3.05) is 5.32 Å². The maximum absolute atomic E-state index is 12.1. The van der Waals surface area contributed by atoms with Crippen LogP contribution in [0.2, 0.25) is 0 Å². The number of rotatable bonds is 5. The minimum Gasteiger partial charge on any atom is -0.362 e. The summed E-state index contributed by atoms with van der Waals surface area (Å²) >= 11 is 0. The molecule has 0 bridgehead atoms. The first-order chi connectivity index (χ1) is 10.1. The second kappa shape index (κ2) is 6.89. The monoisotopic (exact) mass is 279 g/mol. The maximum Gasteiger partial charge on any atom is 0.187 e. The first-order valence-corrected chi connectivity index (χ1v) is 7.23. The lowest BCUT2D eigenvalue weighted by atomic mass is 10.0. The zero-order valence-electron chi connectivity index (χ0n) is 12.8. The Morgan fingerprint density at radius 2 is 1.90 bits per heavy atom. The van der Waals surface area contributed by atoms with Gasteiger partial charge in [-0.1, -0.05) is 31.2 Å². The first kappa shape index (κ1) is 15.0. The van der Waals surface area contributed by atoms with E-state index in [2.05, 4.69) is 24.4 Å². The van der Waals surface area contributed by atoms with E-state index in [1.165, 1.54) is 11.1 Å². The van der Waals surface area contributed by atoms with Crippen molar-refractivity contribution in [2.45, 2.75) is 27.2 Å². The Morgan fingerprint density at radius 3 is 2.62 bits per heavy atom. The Kier molecular flexibility index (Phi) is 4.94. The van der Waals surface area contributed by atoms with Crippen LogP contribution in [0.5, 0.6) is 0 Å². The van der Waals surface area contributed by atoms with Gasteiger partial charge in [0.05, 0.1) is 0 Å². The lowest BCUT2D eigenvalue weighted by Crippen LogP contribution is -1.98. The summed E-state index contributed by atoms with van der Waals surface area (Å²) < 4.78 is 0. The molecule has 0 aromatic heterocycles. The number of aryl methyl sites for hydroxylation is 3. The van der Waals surface area contributed by atoms with E-state index < -0.39 is 0 Å². The zero-order valence-corrected chi connectivity index (χ0v) is 12.8. The normalized spacial score (nSPS) is 10.8. The third kappa shape index (κ3) is 4.06. The molecule has 0 aliphatic rings. The largest absolute Gasteiger partial charge is 0.362 e. The minimum atomic E-state index is 0.0113. The number of carbonyl (C=O) groups is 1. The summed E-state index contributed by atoms with van der Waals surface area (Å²) in [5, 5.41) is 3.14. The molecule has 0 heterocycles. The van der Waals surface area contributed by atoms with E-state index >= 15 is 0 Å². The number of anilines is 1. The molecular formula is C19H21NO. The molecule has 108 valence electrons. The van der Waals surface area contributed by atoms with Gasteiger partial charge in [0.15, 0.2) is 5.78 Å². The molecule has 2 nitrogen and oxygen atoms in total. The van der Waals surface area contributed by atoms with Crippen LogP contribution in [0.25, 0.3) is 0 Å². The predicted octanol–water partition coefficient (Wildman–Crippen LogP) is 4.67. The smallest absolute Gasteiger partial charge is 0.187 e. The summed E-state index contributed by atoms with van der Waals surface area (Å²) in [6.07, 6.45) is 4.27. The molecule has 0 radical (unpaired) electrons. The van der Waals surface area contributed by atoms with Crippen LogP contribution in [-0.4, -0.2) is 5.78 Å². The molecule has 2 rings (SSSR count). The number of benzene rings is 2. The van der Waals surface area contributed by atoms with E-state index in [-0.39, 0.29) is 5.78 Å². The summed E-state index contributed by atoms with van der Waals surface area (Å²) in [7, 11) is 0. The molecule has 2 aromatic carbocycles. The van der Waals surface area contributed by atoms with Crippen LogP contribution in [0, 0.1) is 13.8 Å². The molecule has 0 fully saturated rings. The van der Waals surface area contributed by atoms with Crippen LogP contribution in [0.3, 0.4) is 0 Å². The van der Waals surface area contributed by atoms with Gasteiger partial charge in [0.1, 0.15) is 0 Å². The van der Waals surface area contributed by atoms with Crippen molar-refractivity contribution in [3.05, 3.63) is 77.0 Å². The van der Waals surface area contributed by atoms with Gasteiger partial charge in [0, 0.05) is 23.5 Å². The average molecular weight is 279 g/mol. The van der Waals surface area contributed by atoms with E-state index in [4.69, 9.17) is 0 Å². The van der Waals surface area contributed by atoms with Gasteiger partial charge in [0.2, 0.25) is 0 Å². The zero-order chi connectivity index (χ0) is 15.2. The third-order valence-electron chi connectivity index (χ3n) is 3.61. The van der Waals surface area contributed by atoms with Gasteiger partial charge in [-0.05, 0) is 55.2 Å². The minimum absolute atomic E-state index is 0.0113. The Bertz CT molecular complexity index is 671. The van der Waals surface area contributed by atoms with Crippen molar-refractivity contribution >= 4 is 11.5 Å². The van der Waals surface area contributed by atoms with Crippen LogP contribution in [-0.2, 0) is 6.42 Å². The van der Waals surface area contributed by atoms with Crippen molar-refractivity contribution in [2.24, 2.45) is 0 Å². The van der Waals surface area contributed by atoms with E-state index in [0.717, 1.165) is 23.2 Å². The summed E-state index contributed by atoms with van der Waals surface area (Å²) in [4.78, 5) is 12.1. The van der Waals surface area contributed by atoms with Crippen molar-refractivity contribution in [3.8, 4) is 0 Å². The second-order valence-electron chi connectivity index (χ2n) is 5.19. The fourth-order valence-electron chi connectivity index (χ4n) is 2.09. The maximum atomic E-state index is 12.1. The number of allylic oxidation sites excluding steroid dienone is 1. The molecule has 0 amide bonds. The molecule has 0 aliphatic heterocycles. The van der Waals surface area contributed by atoms with E-state index in [9.17, 15) is 4.79 Å². The molecule has 0 spiro atoms. The van der Waals surface area contributed by atoms with Gasteiger partial charge in [-0.15, -0.1) is 0 Å². The Labute approximate surface area is 126 Å². The highest BCUT2D eigenvalue weighted by Crippen LogP contribution is 2.12. The summed E-state index contributed by atoms with van der Waals surface area (Å²) in [6.45, 7) is 6.18. The van der Waals surface area contributed by atoms with Crippen molar-refractivity contribution in [1.29, 1.82) is 0 Å². The third-order valence-corrected chi connectivity index (χ3v) is 3.61. The van der Waals surface area contributed by atoms with E-state index in [1.54, 1.807) is 12.3 Å². The summed E-state index contributed by atoms with van der Waals surface area (Å²) in [5.74, 6) is 0.0113. The Morgan fingerprint density at radius 1 is 1.10 bits per heavy atom. The Hall–Kier alpha value is -2.35. The van der Waals surface area contributed by atoms with E-state index in [0.29, 0.717) is 0 Å². The fourth-order valence-corrected chi connectivity index (χ4v) is 2.09. The number of carbonyl (C=O) groups excluding carboxylic acids is 1. The van der Waals surface area contributed by atoms with Crippen LogP contribution in [0.1, 0.15) is 34.0 Å². The van der Waals surface area contributed by atoms with Gasteiger partial charge >= 0.3 is 0 Å². The topological polar surface area (TPSA) is 29.1 Å². The standard InChI is InChI=1S/C19H21NO/c1-4-16-6-5-7-18(13-16)20-11-10-19(21)17-9-8-14(2)15(3)12-17/h5-13,20H,4H2,1-3H3. The quantitative estimate of drug-likeness (QED) is 0.636. The average Bonchev–Trinajstić information content (AvgIpc) is 2.50. The molecule has 0 atom stereocenters. The van der Waals surface area contributed by atoms with Gasteiger partial charge in [-0.25, -0.2) is 0 Å². The lowest BCUT2D eigenvalue weighted by molar-refractivity contribution is 0.104. The Balaban J connectivity index is 2.03. The highest BCUT2D eigenvalue weighted by atomic mass is 16.1. The fraction of sp³-hybridized carbons (Fsp3) is 0.211. The molecule has 0 saturated heterocycles. The van der Waals surface area contributed by atoms with Gasteiger partial charge in [-0.3, -0.25) is 4.79 Å². The van der Waals surface area contributed by atoms with Crippen LogP contribution >= 0.6 is 0 Å². The summed E-state index contributed by atoms with van der Waals surface area (Å²) in [5.41, 5.74) is 5.33. The molecule has 2 heteroatoms. The van der Waals surface area contributed by atoms with Crippen LogP contribution in [0.15, 0.2) is 54.7 Å². The first-order valence-electron chi connectivity index (χ1n) is 7.23. The van der Waals surface area contributed by atoms with Crippen molar-refractivity contribution in [1.82, 2.24) is 0 Å². The molecular weight excluding hydrogens is 258 g/mol. The van der Waals surface area contributed by atoms with Crippen LogP contribution in [0.4, 0.5) is 5.69 Å². The molecule has 2 aromatic rings. The molecule has 0 unspecified atom stereocenters. The number of nitrogens with one attached hydrogen (secondary N) is 1. The SMILES string of the molecule is CCc1cccc(NC=CC(=O)c2ccc(C)c(C)c2)c1.